The molecular formula is C20H27F2N3O. The highest BCUT2D eigenvalue weighted by Crippen LogP contribution is 2.43. The fraction of sp³-hybridized carbons (Fsp3) is 0.700. The van der Waals surface area contributed by atoms with Crippen LogP contribution in [0.4, 0.5) is 8.78 Å². The third-order valence-corrected chi connectivity index (χ3v) is 6.00. The number of hydrogen-bond donors (Lipinski definition) is 2. The number of pyridine rings is 1. The minimum Gasteiger partial charge on any atom is -0.349 e. The average molecular weight is 363 g/mol. The summed E-state index contributed by atoms with van der Waals surface area (Å²) in [4.78, 5) is 16.9. The monoisotopic (exact) mass is 363 g/mol. The lowest BCUT2D eigenvalue weighted by atomic mass is 9.92. The van der Waals surface area contributed by atoms with Crippen molar-refractivity contribution in [3.8, 4) is 0 Å². The van der Waals surface area contributed by atoms with Gasteiger partial charge in [0, 0.05) is 42.7 Å². The molecular weight excluding hydrogens is 336 g/mol. The highest BCUT2D eigenvalue weighted by molar-refractivity contribution is 5.94. The summed E-state index contributed by atoms with van der Waals surface area (Å²) in [5, 5.41) is 6.53. The fourth-order valence-electron chi connectivity index (χ4n) is 3.91. The minimum absolute atomic E-state index is 0.147. The lowest BCUT2D eigenvalue weighted by Gasteiger charge is -2.28. The number of nitrogens with zero attached hydrogens (tertiary/aromatic N) is 1. The zero-order chi connectivity index (χ0) is 18.3. The van der Waals surface area contributed by atoms with Crippen LogP contribution in [0.1, 0.15) is 72.5 Å². The van der Waals surface area contributed by atoms with Crippen molar-refractivity contribution in [3.05, 3.63) is 29.1 Å². The third kappa shape index (κ3) is 4.22. The van der Waals surface area contributed by atoms with Crippen molar-refractivity contribution >= 4 is 5.91 Å². The van der Waals surface area contributed by atoms with Crippen LogP contribution < -0.4 is 10.6 Å². The third-order valence-electron chi connectivity index (χ3n) is 6.00. The Balaban J connectivity index is 1.35. The van der Waals surface area contributed by atoms with Crippen LogP contribution in [0.15, 0.2) is 12.3 Å². The molecule has 0 aliphatic heterocycles. The molecule has 0 radical (unpaired) electrons. The largest absolute Gasteiger partial charge is 0.349 e. The number of aromatic nitrogens is 1. The van der Waals surface area contributed by atoms with E-state index in [1.807, 2.05) is 13.0 Å². The topological polar surface area (TPSA) is 54.0 Å². The first-order valence-electron chi connectivity index (χ1n) is 9.80. The van der Waals surface area contributed by atoms with Gasteiger partial charge in [-0.3, -0.25) is 9.78 Å². The highest BCUT2D eigenvalue weighted by Gasteiger charge is 2.40. The zero-order valence-corrected chi connectivity index (χ0v) is 15.2. The van der Waals surface area contributed by atoms with Gasteiger partial charge in [-0.05, 0) is 63.1 Å². The molecule has 4 nitrogen and oxygen atoms in total. The molecule has 2 atom stereocenters. The second-order valence-electron chi connectivity index (χ2n) is 8.30. The van der Waals surface area contributed by atoms with Gasteiger partial charge in [0.1, 0.15) is 0 Å². The summed E-state index contributed by atoms with van der Waals surface area (Å²) in [6, 6.07) is 2.27. The Kier molecular flexibility index (Phi) is 4.71. The van der Waals surface area contributed by atoms with E-state index in [0.29, 0.717) is 30.4 Å². The maximum absolute atomic E-state index is 13.3. The van der Waals surface area contributed by atoms with Crippen molar-refractivity contribution in [3.63, 3.8) is 0 Å². The molecule has 0 saturated heterocycles. The molecule has 2 N–H and O–H groups in total. The lowest BCUT2D eigenvalue weighted by molar-refractivity contribution is -0.0399. The minimum atomic E-state index is -2.58. The van der Waals surface area contributed by atoms with Crippen LogP contribution in [-0.2, 0) is 0 Å². The van der Waals surface area contributed by atoms with Crippen LogP contribution in [0.2, 0.25) is 0 Å². The molecule has 1 aromatic rings. The number of rotatable bonds is 6. The number of amides is 1. The summed E-state index contributed by atoms with van der Waals surface area (Å²) in [5.41, 5.74) is 2.65. The average Bonchev–Trinajstić information content (AvgIpc) is 3.50. The fourth-order valence-corrected chi connectivity index (χ4v) is 3.91. The molecule has 3 aliphatic rings. The van der Waals surface area contributed by atoms with E-state index in [2.05, 4.69) is 15.6 Å². The molecule has 0 spiro atoms. The number of aryl methyl sites for hydroxylation is 1. The number of carbonyl (C=O) groups excluding carboxylic acids is 1. The Hall–Kier alpha value is -1.56. The summed E-state index contributed by atoms with van der Waals surface area (Å²) >= 11 is 0. The summed E-state index contributed by atoms with van der Waals surface area (Å²) in [6.07, 6.45) is 5.75. The van der Waals surface area contributed by atoms with Crippen molar-refractivity contribution in [2.75, 3.05) is 6.54 Å². The van der Waals surface area contributed by atoms with Gasteiger partial charge in [-0.2, -0.15) is 0 Å². The Morgan fingerprint density at radius 3 is 2.69 bits per heavy atom. The predicted octanol–water partition coefficient (Wildman–Crippen LogP) is 3.55. The Labute approximate surface area is 153 Å². The Morgan fingerprint density at radius 1 is 1.27 bits per heavy atom. The molecule has 3 aliphatic carbocycles. The summed E-state index contributed by atoms with van der Waals surface area (Å²) in [5.74, 6) is -1.48. The number of carbonyl (C=O) groups is 1. The maximum Gasteiger partial charge on any atom is 0.253 e. The summed E-state index contributed by atoms with van der Waals surface area (Å²) in [6.45, 7) is 3.08. The molecule has 3 fully saturated rings. The molecule has 1 aromatic heterocycles. The zero-order valence-electron chi connectivity index (χ0n) is 15.2. The molecule has 26 heavy (non-hydrogen) atoms. The van der Waals surface area contributed by atoms with Gasteiger partial charge in [-0.15, -0.1) is 0 Å². The van der Waals surface area contributed by atoms with Gasteiger partial charge in [0.15, 0.2) is 0 Å². The summed E-state index contributed by atoms with van der Waals surface area (Å²) < 4.78 is 26.5. The van der Waals surface area contributed by atoms with E-state index in [9.17, 15) is 13.6 Å². The van der Waals surface area contributed by atoms with E-state index in [1.165, 1.54) is 12.8 Å². The van der Waals surface area contributed by atoms with E-state index in [0.717, 1.165) is 30.1 Å². The first-order chi connectivity index (χ1) is 12.4. The van der Waals surface area contributed by atoms with Crippen molar-refractivity contribution in [2.24, 2.45) is 5.92 Å². The first kappa shape index (κ1) is 17.8. The van der Waals surface area contributed by atoms with Crippen LogP contribution >= 0.6 is 0 Å². The second-order valence-corrected chi connectivity index (χ2v) is 8.30. The van der Waals surface area contributed by atoms with Crippen molar-refractivity contribution < 1.29 is 13.6 Å². The van der Waals surface area contributed by atoms with Gasteiger partial charge in [-0.25, -0.2) is 8.78 Å². The van der Waals surface area contributed by atoms with Crippen molar-refractivity contribution in [1.29, 1.82) is 0 Å². The molecule has 142 valence electrons. The van der Waals surface area contributed by atoms with E-state index in [4.69, 9.17) is 0 Å². The normalized spacial score (nSPS) is 28.0. The molecule has 3 saturated carbocycles. The second kappa shape index (κ2) is 6.87. The number of hydrogen-bond acceptors (Lipinski definition) is 3. The molecule has 0 aromatic carbocycles. The van der Waals surface area contributed by atoms with Gasteiger partial charge in [0.2, 0.25) is 5.92 Å². The number of alkyl halides is 2. The van der Waals surface area contributed by atoms with Crippen LogP contribution in [0, 0.1) is 12.8 Å². The smallest absolute Gasteiger partial charge is 0.253 e. The standard InChI is InChI=1S/C20H27F2N3O/c1-12-16(17-9-18(17)24-10-13-2-3-13)8-14(11-23-12)19(26)25-15-4-6-20(21,22)7-5-15/h8,11,13,15,17-18,24H,2-7,9-10H2,1H3,(H,25,26)/t17-,18+/m0/s1. The van der Waals surface area contributed by atoms with E-state index >= 15 is 0 Å². The Morgan fingerprint density at radius 2 is 2.00 bits per heavy atom. The predicted molar refractivity (Wildman–Crippen MR) is 95.5 cm³/mol. The molecule has 6 heteroatoms. The van der Waals surface area contributed by atoms with E-state index in [1.54, 1.807) is 6.20 Å². The van der Waals surface area contributed by atoms with Gasteiger partial charge >= 0.3 is 0 Å². The summed E-state index contributed by atoms with van der Waals surface area (Å²) in [7, 11) is 0. The quantitative estimate of drug-likeness (QED) is 0.813. The van der Waals surface area contributed by atoms with Gasteiger partial charge in [0.05, 0.1) is 5.56 Å². The van der Waals surface area contributed by atoms with Crippen molar-refractivity contribution in [2.45, 2.75) is 75.8 Å². The molecule has 0 unspecified atom stereocenters. The van der Waals surface area contributed by atoms with Crippen LogP contribution in [0.25, 0.3) is 0 Å². The van der Waals surface area contributed by atoms with Crippen molar-refractivity contribution in [1.82, 2.24) is 15.6 Å². The number of halogens is 2. The van der Waals surface area contributed by atoms with E-state index < -0.39 is 5.92 Å². The molecule has 4 rings (SSSR count). The SMILES string of the molecule is Cc1ncc(C(=O)NC2CCC(F)(F)CC2)cc1[C@@H]1C[C@H]1NCC1CC1. The van der Waals surface area contributed by atoms with Gasteiger partial charge < -0.3 is 10.6 Å². The van der Waals surface area contributed by atoms with Gasteiger partial charge in [0.25, 0.3) is 5.91 Å². The van der Waals surface area contributed by atoms with Crippen LogP contribution in [0.3, 0.4) is 0 Å². The van der Waals surface area contributed by atoms with Gasteiger partial charge in [-0.1, -0.05) is 0 Å². The maximum atomic E-state index is 13.3. The van der Waals surface area contributed by atoms with Crippen LogP contribution in [-0.4, -0.2) is 35.4 Å². The highest BCUT2D eigenvalue weighted by atomic mass is 19.3. The van der Waals surface area contributed by atoms with Crippen LogP contribution in [0.5, 0.6) is 0 Å². The molecule has 1 heterocycles. The Bertz CT molecular complexity index is 680. The number of nitrogens with one attached hydrogen (secondary N) is 2. The van der Waals surface area contributed by atoms with E-state index in [-0.39, 0.29) is 24.8 Å². The molecule has 1 amide bonds. The molecule has 0 bridgehead atoms. The lowest BCUT2D eigenvalue weighted by Crippen LogP contribution is -2.40. The first-order valence-corrected chi connectivity index (χ1v) is 9.80.